The summed E-state index contributed by atoms with van der Waals surface area (Å²) in [6.07, 6.45) is 0.147. The molecule has 5 heteroatoms. The van der Waals surface area contributed by atoms with E-state index in [9.17, 15) is 9.18 Å². The van der Waals surface area contributed by atoms with E-state index in [1.165, 1.54) is 6.07 Å². The molecule has 1 atom stereocenters. The molecular formula is C14H18BrFN2O. The van der Waals surface area contributed by atoms with E-state index in [0.29, 0.717) is 12.1 Å². The molecule has 0 N–H and O–H groups in total. The number of likely N-dealkylation sites (N-methyl/N-ethyl adjacent to an activating group) is 2. The second kappa shape index (κ2) is 6.11. The van der Waals surface area contributed by atoms with E-state index < -0.39 is 0 Å². The maximum Gasteiger partial charge on any atom is 0.155 e. The molecule has 1 unspecified atom stereocenters. The molecule has 1 aliphatic rings. The summed E-state index contributed by atoms with van der Waals surface area (Å²) in [5.74, 6) is -0.241. The Morgan fingerprint density at radius 3 is 2.89 bits per heavy atom. The summed E-state index contributed by atoms with van der Waals surface area (Å²) < 4.78 is 14.5. The van der Waals surface area contributed by atoms with Crippen LogP contribution in [-0.4, -0.2) is 55.4 Å². The Balaban J connectivity index is 2.09. The fourth-order valence-corrected chi connectivity index (χ4v) is 2.75. The fourth-order valence-electron chi connectivity index (χ4n) is 2.34. The maximum absolute atomic E-state index is 13.7. The predicted molar refractivity (Wildman–Crippen MR) is 76.7 cm³/mol. The molecule has 0 aromatic heterocycles. The van der Waals surface area contributed by atoms with Gasteiger partial charge in [-0.1, -0.05) is 15.9 Å². The van der Waals surface area contributed by atoms with Crippen LogP contribution in [0, 0.1) is 5.82 Å². The lowest BCUT2D eigenvalue weighted by atomic mass is 10.0. The molecule has 0 radical (unpaired) electrons. The second-order valence-electron chi connectivity index (χ2n) is 5.14. The van der Waals surface area contributed by atoms with Crippen LogP contribution < -0.4 is 0 Å². The summed E-state index contributed by atoms with van der Waals surface area (Å²) in [6.45, 7) is 2.55. The predicted octanol–water partition coefficient (Wildman–Crippen LogP) is 1.95. The highest BCUT2D eigenvalue weighted by Crippen LogP contribution is 2.18. The van der Waals surface area contributed by atoms with Crippen molar-refractivity contribution in [1.82, 2.24) is 9.80 Å². The minimum absolute atomic E-state index is 0.0750. The van der Waals surface area contributed by atoms with Crippen molar-refractivity contribution in [2.75, 3.05) is 33.7 Å². The number of carbonyl (C=O) groups is 1. The van der Waals surface area contributed by atoms with Gasteiger partial charge in [0.2, 0.25) is 0 Å². The van der Waals surface area contributed by atoms with E-state index >= 15 is 0 Å². The van der Waals surface area contributed by atoms with Gasteiger partial charge in [-0.25, -0.2) is 4.39 Å². The third-order valence-electron chi connectivity index (χ3n) is 3.60. The first-order valence-electron chi connectivity index (χ1n) is 6.33. The van der Waals surface area contributed by atoms with Crippen molar-refractivity contribution < 1.29 is 9.18 Å². The Labute approximate surface area is 121 Å². The average Bonchev–Trinajstić information content (AvgIpc) is 2.36. The third kappa shape index (κ3) is 3.61. The van der Waals surface area contributed by atoms with Crippen molar-refractivity contribution in [3.05, 3.63) is 34.1 Å². The first kappa shape index (κ1) is 14.6. The van der Waals surface area contributed by atoms with Crippen molar-refractivity contribution in [3.8, 4) is 0 Å². The van der Waals surface area contributed by atoms with Gasteiger partial charge in [-0.2, -0.15) is 0 Å². The number of nitrogens with zero attached hydrogens (tertiary/aromatic N) is 2. The second-order valence-corrected chi connectivity index (χ2v) is 6.05. The monoisotopic (exact) mass is 328 g/mol. The minimum Gasteiger partial charge on any atom is -0.303 e. The van der Waals surface area contributed by atoms with Crippen molar-refractivity contribution in [2.45, 2.75) is 12.5 Å². The van der Waals surface area contributed by atoms with Gasteiger partial charge in [0.05, 0.1) is 6.04 Å². The molecule has 104 valence electrons. The smallest absolute Gasteiger partial charge is 0.155 e. The Hall–Kier alpha value is -0.780. The van der Waals surface area contributed by atoms with Gasteiger partial charge in [0, 0.05) is 30.5 Å². The summed E-state index contributed by atoms with van der Waals surface area (Å²) in [5.41, 5.74) is 0.459. The fraction of sp³-hybridized carbons (Fsp3) is 0.500. The summed E-state index contributed by atoms with van der Waals surface area (Å²) in [6, 6.07) is 4.57. The lowest BCUT2D eigenvalue weighted by Crippen LogP contribution is -2.53. The van der Waals surface area contributed by atoms with Gasteiger partial charge < -0.3 is 4.90 Å². The molecule has 0 amide bonds. The number of hydrogen-bond acceptors (Lipinski definition) is 3. The Kier molecular flexibility index (Phi) is 4.71. The van der Waals surface area contributed by atoms with Crippen LogP contribution in [0.2, 0.25) is 0 Å². The van der Waals surface area contributed by atoms with Crippen LogP contribution in [0.1, 0.15) is 5.56 Å². The normalized spacial score (nSPS) is 21.6. The standard InChI is InChI=1S/C14H18BrFN2O/c1-17-5-6-18(2)13(9-17)14(19)8-10-7-11(15)3-4-12(10)16/h3-4,7,13H,5-6,8-9H2,1-2H3. The number of benzene rings is 1. The van der Waals surface area contributed by atoms with E-state index in [1.54, 1.807) is 12.1 Å². The Bertz CT molecular complexity index is 481. The maximum atomic E-state index is 13.7. The van der Waals surface area contributed by atoms with Crippen LogP contribution in [0.3, 0.4) is 0 Å². The summed E-state index contributed by atoms with van der Waals surface area (Å²) in [5, 5.41) is 0. The Morgan fingerprint density at radius 2 is 2.16 bits per heavy atom. The quantitative estimate of drug-likeness (QED) is 0.847. The largest absolute Gasteiger partial charge is 0.303 e. The van der Waals surface area contributed by atoms with Gasteiger partial charge in [-0.05, 0) is 37.9 Å². The zero-order valence-electron chi connectivity index (χ0n) is 11.2. The number of carbonyl (C=O) groups excluding carboxylic acids is 1. The molecule has 0 saturated carbocycles. The van der Waals surface area contributed by atoms with Crippen LogP contribution in [-0.2, 0) is 11.2 Å². The van der Waals surface area contributed by atoms with E-state index in [4.69, 9.17) is 0 Å². The number of ketones is 1. The molecule has 19 heavy (non-hydrogen) atoms. The van der Waals surface area contributed by atoms with Crippen LogP contribution >= 0.6 is 15.9 Å². The highest BCUT2D eigenvalue weighted by Gasteiger charge is 2.28. The van der Waals surface area contributed by atoms with Crippen LogP contribution in [0.15, 0.2) is 22.7 Å². The van der Waals surface area contributed by atoms with E-state index in [1.807, 2.05) is 14.1 Å². The molecule has 0 bridgehead atoms. The number of hydrogen-bond donors (Lipinski definition) is 0. The molecule has 0 spiro atoms. The lowest BCUT2D eigenvalue weighted by molar-refractivity contribution is -0.125. The molecule has 1 saturated heterocycles. The van der Waals surface area contributed by atoms with Gasteiger partial charge in [0.25, 0.3) is 0 Å². The third-order valence-corrected chi connectivity index (χ3v) is 4.09. The molecule has 1 fully saturated rings. The van der Waals surface area contributed by atoms with Gasteiger partial charge in [0.15, 0.2) is 5.78 Å². The zero-order valence-corrected chi connectivity index (χ0v) is 12.8. The SMILES string of the molecule is CN1CCN(C)C(C(=O)Cc2cc(Br)ccc2F)C1. The van der Waals surface area contributed by atoms with Gasteiger partial charge in [0.1, 0.15) is 5.82 Å². The van der Waals surface area contributed by atoms with Crippen LogP contribution in [0.25, 0.3) is 0 Å². The Morgan fingerprint density at radius 1 is 1.42 bits per heavy atom. The molecule has 1 aromatic carbocycles. The lowest BCUT2D eigenvalue weighted by Gasteiger charge is -2.36. The molecule has 1 aromatic rings. The van der Waals surface area contributed by atoms with Crippen molar-refractivity contribution in [3.63, 3.8) is 0 Å². The molecule has 3 nitrogen and oxygen atoms in total. The highest BCUT2D eigenvalue weighted by atomic mass is 79.9. The zero-order chi connectivity index (χ0) is 14.0. The number of rotatable bonds is 3. The summed E-state index contributed by atoms with van der Waals surface area (Å²) >= 11 is 3.31. The summed E-state index contributed by atoms with van der Waals surface area (Å²) in [7, 11) is 3.96. The molecule has 1 heterocycles. The minimum atomic E-state index is -0.316. The topological polar surface area (TPSA) is 23.6 Å². The average molecular weight is 329 g/mol. The van der Waals surface area contributed by atoms with Crippen molar-refractivity contribution in [2.24, 2.45) is 0 Å². The summed E-state index contributed by atoms with van der Waals surface area (Å²) in [4.78, 5) is 16.5. The highest BCUT2D eigenvalue weighted by molar-refractivity contribution is 9.10. The number of piperazine rings is 1. The van der Waals surface area contributed by atoms with E-state index in [0.717, 1.165) is 17.6 Å². The van der Waals surface area contributed by atoms with Crippen LogP contribution in [0.4, 0.5) is 4.39 Å². The van der Waals surface area contributed by atoms with Crippen molar-refractivity contribution >= 4 is 21.7 Å². The molecular weight excluding hydrogens is 311 g/mol. The van der Waals surface area contributed by atoms with E-state index in [-0.39, 0.29) is 24.1 Å². The number of halogens is 2. The molecule has 1 aliphatic heterocycles. The van der Waals surface area contributed by atoms with E-state index in [2.05, 4.69) is 25.7 Å². The molecule has 0 aliphatic carbocycles. The van der Waals surface area contributed by atoms with Gasteiger partial charge in [-0.15, -0.1) is 0 Å². The van der Waals surface area contributed by atoms with Gasteiger partial charge >= 0.3 is 0 Å². The number of Topliss-reactive ketones (excluding diaryl/α,β-unsaturated/α-hetero) is 1. The first-order chi connectivity index (χ1) is 8.97. The van der Waals surface area contributed by atoms with Gasteiger partial charge in [-0.3, -0.25) is 9.69 Å². The molecule has 2 rings (SSSR count). The first-order valence-corrected chi connectivity index (χ1v) is 7.12. The van der Waals surface area contributed by atoms with Crippen molar-refractivity contribution in [1.29, 1.82) is 0 Å². The van der Waals surface area contributed by atoms with Crippen LogP contribution in [0.5, 0.6) is 0 Å².